The lowest BCUT2D eigenvalue weighted by atomic mass is 9.95. The monoisotopic (exact) mass is 218 g/mol. The predicted octanol–water partition coefficient (Wildman–Crippen LogP) is 3.41. The molecule has 0 saturated heterocycles. The molecule has 2 nitrogen and oxygen atoms in total. The van der Waals surface area contributed by atoms with E-state index in [9.17, 15) is 0 Å². The van der Waals surface area contributed by atoms with Gasteiger partial charge < -0.3 is 0 Å². The van der Waals surface area contributed by atoms with Crippen molar-refractivity contribution >= 4 is 29.6 Å². The Morgan fingerprint density at radius 2 is 2.27 bits per heavy atom. The van der Waals surface area contributed by atoms with Crippen LogP contribution in [0, 0.1) is 5.92 Å². The number of hydrogen-bond donors (Lipinski definition) is 0. The van der Waals surface area contributed by atoms with E-state index in [1.165, 1.54) is 0 Å². The molecule has 0 aromatic heterocycles. The molecule has 3 heteroatoms. The fraction of sp³-hybridized carbons (Fsp3) is 0.167. The molecule has 1 aromatic carbocycles. The van der Waals surface area contributed by atoms with Crippen LogP contribution in [0.1, 0.15) is 18.1 Å². The lowest BCUT2D eigenvalue weighted by molar-refractivity contribution is 1.11. The molecule has 1 unspecified atom stereocenters. The summed E-state index contributed by atoms with van der Waals surface area (Å²) in [7, 11) is 0. The molecule has 0 radical (unpaired) electrons. The summed E-state index contributed by atoms with van der Waals surface area (Å²) >= 11 is 5.92. The average molecular weight is 219 g/mol. The van der Waals surface area contributed by atoms with Crippen LogP contribution in [0.15, 0.2) is 35.0 Å². The quantitative estimate of drug-likeness (QED) is 0.727. The van der Waals surface area contributed by atoms with Crippen LogP contribution >= 0.6 is 11.6 Å². The molecule has 0 spiro atoms. The van der Waals surface area contributed by atoms with E-state index in [0.29, 0.717) is 5.02 Å². The van der Waals surface area contributed by atoms with Gasteiger partial charge in [-0.1, -0.05) is 37.2 Å². The van der Waals surface area contributed by atoms with Gasteiger partial charge in [-0.3, -0.25) is 0 Å². The molecule has 1 atom stereocenters. The summed E-state index contributed by atoms with van der Waals surface area (Å²) in [5, 5.41) is 8.75. The summed E-state index contributed by atoms with van der Waals surface area (Å²) in [5.74, 6) is 0.255. The molecular formula is C12H11ClN2. The molecule has 1 heterocycles. The summed E-state index contributed by atoms with van der Waals surface area (Å²) in [6.07, 6.45) is 3.62. The van der Waals surface area contributed by atoms with Crippen LogP contribution in [-0.4, -0.2) is 11.9 Å². The van der Waals surface area contributed by atoms with Gasteiger partial charge in [0.1, 0.15) is 0 Å². The second kappa shape index (κ2) is 3.99. The van der Waals surface area contributed by atoms with Crippen LogP contribution in [0.5, 0.6) is 0 Å². The number of nitrogens with zero attached hydrogens (tertiary/aromatic N) is 2. The first-order valence-corrected chi connectivity index (χ1v) is 5.13. The first-order chi connectivity index (χ1) is 7.22. The molecular weight excluding hydrogens is 208 g/mol. The van der Waals surface area contributed by atoms with E-state index < -0.39 is 0 Å². The van der Waals surface area contributed by atoms with E-state index in [0.717, 1.165) is 16.8 Å². The summed E-state index contributed by atoms with van der Waals surface area (Å²) in [4.78, 5) is 0. The number of benzene rings is 1. The van der Waals surface area contributed by atoms with E-state index in [1.54, 1.807) is 6.08 Å². The highest BCUT2D eigenvalue weighted by Gasteiger charge is 2.17. The van der Waals surface area contributed by atoms with E-state index >= 15 is 0 Å². The minimum absolute atomic E-state index is 0.255. The average Bonchev–Trinajstić information content (AvgIpc) is 2.64. The lowest BCUT2D eigenvalue weighted by Crippen LogP contribution is -2.11. The Labute approximate surface area is 94.0 Å². The predicted molar refractivity (Wildman–Crippen MR) is 65.7 cm³/mol. The number of rotatable bonds is 2. The van der Waals surface area contributed by atoms with Gasteiger partial charge in [-0.2, -0.15) is 10.2 Å². The van der Waals surface area contributed by atoms with Gasteiger partial charge in [-0.15, -0.1) is 0 Å². The van der Waals surface area contributed by atoms with Gasteiger partial charge >= 0.3 is 0 Å². The van der Waals surface area contributed by atoms with Crippen molar-refractivity contribution in [3.05, 3.63) is 40.9 Å². The van der Waals surface area contributed by atoms with Crippen molar-refractivity contribution in [1.82, 2.24) is 0 Å². The van der Waals surface area contributed by atoms with E-state index in [-0.39, 0.29) is 5.92 Å². The third-order valence-electron chi connectivity index (χ3n) is 2.40. The first-order valence-electron chi connectivity index (χ1n) is 4.76. The van der Waals surface area contributed by atoms with Gasteiger partial charge in [0.2, 0.25) is 0 Å². The van der Waals surface area contributed by atoms with Crippen LogP contribution in [0.25, 0.3) is 6.08 Å². The van der Waals surface area contributed by atoms with Crippen molar-refractivity contribution < 1.29 is 0 Å². The molecule has 1 aromatic rings. The maximum atomic E-state index is 5.92. The molecule has 0 aliphatic carbocycles. The van der Waals surface area contributed by atoms with Crippen molar-refractivity contribution in [3.8, 4) is 0 Å². The van der Waals surface area contributed by atoms with Gasteiger partial charge in [0.25, 0.3) is 0 Å². The zero-order valence-electron chi connectivity index (χ0n) is 8.44. The fourth-order valence-corrected chi connectivity index (χ4v) is 1.77. The van der Waals surface area contributed by atoms with Crippen molar-refractivity contribution in [2.45, 2.75) is 6.92 Å². The van der Waals surface area contributed by atoms with Crippen molar-refractivity contribution in [3.63, 3.8) is 0 Å². The molecule has 15 heavy (non-hydrogen) atoms. The molecule has 76 valence electrons. The van der Waals surface area contributed by atoms with E-state index in [2.05, 4.69) is 23.7 Å². The smallest absolute Gasteiger partial charge is 0.0790 e. The Morgan fingerprint density at radius 3 is 2.87 bits per heavy atom. The molecule has 0 amide bonds. The molecule has 2 rings (SSSR count). The molecule has 1 aliphatic rings. The Balaban J connectivity index is 2.49. The highest BCUT2D eigenvalue weighted by molar-refractivity contribution is 6.31. The van der Waals surface area contributed by atoms with Gasteiger partial charge in [0, 0.05) is 22.7 Å². The van der Waals surface area contributed by atoms with Crippen LogP contribution in [0.3, 0.4) is 0 Å². The minimum atomic E-state index is 0.255. The second-order valence-electron chi connectivity index (χ2n) is 3.47. The van der Waals surface area contributed by atoms with Gasteiger partial charge in [0.15, 0.2) is 0 Å². The van der Waals surface area contributed by atoms with Crippen molar-refractivity contribution in [2.24, 2.45) is 16.1 Å². The highest BCUT2D eigenvalue weighted by atomic mass is 35.5. The number of halogens is 1. The molecule has 0 bridgehead atoms. The van der Waals surface area contributed by atoms with Crippen molar-refractivity contribution in [1.29, 1.82) is 0 Å². The summed E-state index contributed by atoms with van der Waals surface area (Å²) in [6, 6.07) is 5.71. The van der Waals surface area contributed by atoms with Crippen molar-refractivity contribution in [2.75, 3.05) is 0 Å². The molecule has 0 N–H and O–H groups in total. The minimum Gasteiger partial charge on any atom is -0.163 e. The third kappa shape index (κ3) is 1.85. The normalized spacial score (nSPS) is 19.1. The molecule has 0 saturated carbocycles. The Hall–Kier alpha value is -1.41. The Bertz CT molecular complexity index is 461. The first kappa shape index (κ1) is 10.1. The van der Waals surface area contributed by atoms with Crippen LogP contribution < -0.4 is 0 Å². The second-order valence-corrected chi connectivity index (χ2v) is 3.91. The topological polar surface area (TPSA) is 24.7 Å². The Morgan fingerprint density at radius 1 is 1.47 bits per heavy atom. The van der Waals surface area contributed by atoms with E-state index in [4.69, 9.17) is 11.6 Å². The highest BCUT2D eigenvalue weighted by Crippen LogP contribution is 2.22. The standard InChI is InChI=1S/C12H11ClN2/c1-3-9-6-10(13)4-5-11(9)12-8(2)7-14-15-12/h3-8H,1H2,2H3. The summed E-state index contributed by atoms with van der Waals surface area (Å²) < 4.78 is 0. The fourth-order valence-electron chi connectivity index (χ4n) is 1.59. The zero-order valence-corrected chi connectivity index (χ0v) is 9.20. The van der Waals surface area contributed by atoms with Gasteiger partial charge in [-0.25, -0.2) is 0 Å². The largest absolute Gasteiger partial charge is 0.163 e. The molecule has 0 fully saturated rings. The summed E-state index contributed by atoms with van der Waals surface area (Å²) in [5.41, 5.74) is 3.03. The third-order valence-corrected chi connectivity index (χ3v) is 2.63. The van der Waals surface area contributed by atoms with Gasteiger partial charge in [0.05, 0.1) is 5.71 Å². The van der Waals surface area contributed by atoms with Crippen LogP contribution in [0.4, 0.5) is 0 Å². The maximum absolute atomic E-state index is 5.92. The van der Waals surface area contributed by atoms with Crippen LogP contribution in [0.2, 0.25) is 5.02 Å². The zero-order chi connectivity index (χ0) is 10.8. The van der Waals surface area contributed by atoms with E-state index in [1.807, 2.05) is 24.4 Å². The lowest BCUT2D eigenvalue weighted by Gasteiger charge is -2.08. The van der Waals surface area contributed by atoms with Crippen LogP contribution in [-0.2, 0) is 0 Å². The number of hydrogen-bond acceptors (Lipinski definition) is 2. The molecule has 1 aliphatic heterocycles. The Kier molecular flexibility index (Phi) is 2.69. The maximum Gasteiger partial charge on any atom is 0.0790 e. The SMILES string of the molecule is C=Cc1cc(Cl)ccc1C1=NN=CC1C. The van der Waals surface area contributed by atoms with Gasteiger partial charge in [-0.05, 0) is 17.7 Å². The summed E-state index contributed by atoms with van der Waals surface area (Å²) in [6.45, 7) is 5.84.